The molecule has 1 heterocycles. The molecule has 106 valence electrons. The number of aromatic carboxylic acids is 1. The fourth-order valence-corrected chi connectivity index (χ4v) is 1.94. The number of carbonyl (C=O) groups is 1. The molecule has 0 unspecified atom stereocenters. The van der Waals surface area contributed by atoms with Gasteiger partial charge in [0.05, 0.1) is 11.1 Å². The lowest BCUT2D eigenvalue weighted by molar-refractivity contribution is -0.138. The maximum Gasteiger partial charge on any atom is 0.418 e. The Kier molecular flexibility index (Phi) is 3.83. The Morgan fingerprint density at radius 1 is 1.15 bits per heavy atom. The predicted molar refractivity (Wildman–Crippen MR) is 66.5 cm³/mol. The minimum absolute atomic E-state index is 0.292. The van der Waals surface area contributed by atoms with Gasteiger partial charge in [0, 0.05) is 18.9 Å². The zero-order chi connectivity index (χ0) is 14.8. The van der Waals surface area contributed by atoms with Gasteiger partial charge in [-0.25, -0.2) is 4.79 Å². The van der Waals surface area contributed by atoms with Crippen molar-refractivity contribution in [3.8, 4) is 0 Å². The van der Waals surface area contributed by atoms with Crippen molar-refractivity contribution in [1.29, 1.82) is 0 Å². The normalized spacial score (nSPS) is 11.6. The highest BCUT2D eigenvalue weighted by molar-refractivity contribution is 5.89. The first-order chi connectivity index (χ1) is 9.38. The molecule has 0 bridgehead atoms. The quantitative estimate of drug-likeness (QED) is 0.933. The van der Waals surface area contributed by atoms with Gasteiger partial charge in [-0.1, -0.05) is 30.3 Å². The predicted octanol–water partition coefficient (Wildman–Crippen LogP) is 3.45. The van der Waals surface area contributed by atoms with E-state index in [1.165, 1.54) is 4.57 Å². The summed E-state index contributed by atoms with van der Waals surface area (Å²) in [6.45, 7) is 0.292. The first-order valence-electron chi connectivity index (χ1n) is 5.92. The molecular weight excluding hydrogens is 271 g/mol. The van der Waals surface area contributed by atoms with Crippen LogP contribution in [-0.4, -0.2) is 15.6 Å². The van der Waals surface area contributed by atoms with Gasteiger partial charge in [0.25, 0.3) is 0 Å². The minimum Gasteiger partial charge on any atom is -0.478 e. The van der Waals surface area contributed by atoms with E-state index >= 15 is 0 Å². The lowest BCUT2D eigenvalue weighted by Crippen LogP contribution is -2.09. The highest BCUT2D eigenvalue weighted by Crippen LogP contribution is 2.32. The van der Waals surface area contributed by atoms with E-state index in [4.69, 9.17) is 5.11 Å². The number of nitrogens with zero attached hydrogens (tertiary/aromatic N) is 1. The second kappa shape index (κ2) is 5.40. The summed E-state index contributed by atoms with van der Waals surface area (Å²) < 4.78 is 39.4. The summed E-state index contributed by atoms with van der Waals surface area (Å²) in [5.74, 6) is -1.57. The molecule has 1 aromatic carbocycles. The molecule has 3 nitrogen and oxygen atoms in total. The molecule has 0 radical (unpaired) electrons. The van der Waals surface area contributed by atoms with Crippen LogP contribution in [0.15, 0.2) is 42.7 Å². The van der Waals surface area contributed by atoms with Crippen LogP contribution in [0.1, 0.15) is 21.5 Å². The largest absolute Gasteiger partial charge is 0.478 e. The Balaban J connectivity index is 2.19. The minimum atomic E-state index is -4.66. The molecule has 1 aromatic heterocycles. The second-order valence-electron chi connectivity index (χ2n) is 4.36. The Hall–Kier alpha value is -2.24. The molecule has 2 rings (SSSR count). The lowest BCUT2D eigenvalue weighted by atomic mass is 10.1. The van der Waals surface area contributed by atoms with E-state index in [-0.39, 0.29) is 0 Å². The van der Waals surface area contributed by atoms with Crippen molar-refractivity contribution >= 4 is 5.97 Å². The van der Waals surface area contributed by atoms with E-state index in [0.717, 1.165) is 18.0 Å². The molecule has 0 saturated heterocycles. The summed E-state index contributed by atoms with van der Waals surface area (Å²) in [4.78, 5) is 10.8. The number of hydrogen-bond donors (Lipinski definition) is 1. The standard InChI is InChI=1S/C14H12F3NO2/c15-14(16,17)12-9-18(8-11(12)13(19)20)7-6-10-4-2-1-3-5-10/h1-5,8-9H,6-7H2,(H,19,20). The van der Waals surface area contributed by atoms with Gasteiger partial charge in [-0.2, -0.15) is 13.2 Å². The van der Waals surface area contributed by atoms with E-state index in [1.807, 2.05) is 30.3 Å². The van der Waals surface area contributed by atoms with Gasteiger partial charge in [0.1, 0.15) is 0 Å². The molecule has 6 heteroatoms. The van der Waals surface area contributed by atoms with Crippen molar-refractivity contribution in [3.63, 3.8) is 0 Å². The number of halogens is 3. The number of aromatic nitrogens is 1. The molecule has 0 spiro atoms. The topological polar surface area (TPSA) is 42.2 Å². The Morgan fingerprint density at radius 2 is 1.80 bits per heavy atom. The third kappa shape index (κ3) is 3.20. The first-order valence-corrected chi connectivity index (χ1v) is 5.92. The number of benzene rings is 1. The summed E-state index contributed by atoms with van der Waals surface area (Å²) in [6.07, 6.45) is -2.27. The van der Waals surface area contributed by atoms with Crippen LogP contribution in [0.3, 0.4) is 0 Å². The summed E-state index contributed by atoms with van der Waals surface area (Å²) in [5, 5.41) is 8.81. The van der Waals surface area contributed by atoms with Crippen molar-refractivity contribution in [2.45, 2.75) is 19.1 Å². The van der Waals surface area contributed by atoms with Crippen LogP contribution >= 0.6 is 0 Å². The van der Waals surface area contributed by atoms with Crippen molar-refractivity contribution in [2.24, 2.45) is 0 Å². The molecule has 0 atom stereocenters. The number of hydrogen-bond acceptors (Lipinski definition) is 1. The van der Waals surface area contributed by atoms with Gasteiger partial charge >= 0.3 is 12.1 Å². The third-order valence-electron chi connectivity index (χ3n) is 2.92. The van der Waals surface area contributed by atoms with Gasteiger partial charge in [0.2, 0.25) is 0 Å². The zero-order valence-electron chi connectivity index (χ0n) is 10.4. The molecule has 2 aromatic rings. The van der Waals surface area contributed by atoms with Crippen LogP contribution in [0.4, 0.5) is 13.2 Å². The molecule has 0 aliphatic heterocycles. The smallest absolute Gasteiger partial charge is 0.418 e. The zero-order valence-corrected chi connectivity index (χ0v) is 10.4. The number of alkyl halides is 3. The molecule has 0 aliphatic carbocycles. The Labute approximate surface area is 113 Å². The highest BCUT2D eigenvalue weighted by atomic mass is 19.4. The average molecular weight is 283 g/mol. The van der Waals surface area contributed by atoms with Crippen LogP contribution in [0.5, 0.6) is 0 Å². The van der Waals surface area contributed by atoms with Crippen LogP contribution in [0, 0.1) is 0 Å². The van der Waals surface area contributed by atoms with E-state index in [0.29, 0.717) is 13.0 Å². The van der Waals surface area contributed by atoms with E-state index in [1.54, 1.807) is 0 Å². The average Bonchev–Trinajstić information content (AvgIpc) is 2.82. The van der Waals surface area contributed by atoms with Crippen LogP contribution in [0.2, 0.25) is 0 Å². The van der Waals surface area contributed by atoms with Crippen LogP contribution < -0.4 is 0 Å². The van der Waals surface area contributed by atoms with Gasteiger partial charge in [0.15, 0.2) is 0 Å². The fourth-order valence-electron chi connectivity index (χ4n) is 1.94. The Morgan fingerprint density at radius 3 is 2.30 bits per heavy atom. The maximum atomic E-state index is 12.7. The van der Waals surface area contributed by atoms with Crippen molar-refractivity contribution < 1.29 is 23.1 Å². The molecule has 0 aliphatic rings. The number of rotatable bonds is 4. The van der Waals surface area contributed by atoms with Gasteiger partial charge in [-0.3, -0.25) is 0 Å². The SMILES string of the molecule is O=C(O)c1cn(CCc2ccccc2)cc1C(F)(F)F. The molecule has 0 saturated carbocycles. The van der Waals surface area contributed by atoms with Crippen LogP contribution in [0.25, 0.3) is 0 Å². The monoisotopic (exact) mass is 283 g/mol. The summed E-state index contributed by atoms with van der Waals surface area (Å²) in [7, 11) is 0. The summed E-state index contributed by atoms with van der Waals surface area (Å²) in [5.41, 5.74) is -0.852. The molecule has 0 fully saturated rings. The summed E-state index contributed by atoms with van der Waals surface area (Å²) in [6, 6.07) is 9.27. The van der Waals surface area contributed by atoms with Gasteiger partial charge in [-0.15, -0.1) is 0 Å². The van der Waals surface area contributed by atoms with E-state index in [9.17, 15) is 18.0 Å². The lowest BCUT2D eigenvalue weighted by Gasteiger charge is -2.05. The van der Waals surface area contributed by atoms with E-state index < -0.39 is 23.3 Å². The molecule has 1 N–H and O–H groups in total. The second-order valence-corrected chi connectivity index (χ2v) is 4.36. The number of aryl methyl sites for hydroxylation is 2. The summed E-state index contributed by atoms with van der Waals surface area (Å²) >= 11 is 0. The van der Waals surface area contributed by atoms with Crippen LogP contribution in [-0.2, 0) is 19.1 Å². The van der Waals surface area contributed by atoms with Crippen molar-refractivity contribution in [2.75, 3.05) is 0 Å². The maximum absolute atomic E-state index is 12.7. The van der Waals surface area contributed by atoms with E-state index in [2.05, 4.69) is 0 Å². The Bertz CT molecular complexity index is 603. The third-order valence-corrected chi connectivity index (χ3v) is 2.92. The number of carboxylic acids is 1. The number of carboxylic acid groups (broad SMARTS) is 1. The van der Waals surface area contributed by atoms with Crippen molar-refractivity contribution in [3.05, 3.63) is 59.4 Å². The van der Waals surface area contributed by atoms with Gasteiger partial charge in [-0.05, 0) is 12.0 Å². The van der Waals surface area contributed by atoms with Gasteiger partial charge < -0.3 is 9.67 Å². The first kappa shape index (κ1) is 14.2. The van der Waals surface area contributed by atoms with Crippen molar-refractivity contribution in [1.82, 2.24) is 4.57 Å². The fraction of sp³-hybridized carbons (Fsp3) is 0.214. The molecular formula is C14H12F3NO2. The molecule has 20 heavy (non-hydrogen) atoms. The molecule has 0 amide bonds. The highest BCUT2D eigenvalue weighted by Gasteiger charge is 2.36.